The Morgan fingerprint density at radius 2 is 2.41 bits per heavy atom. The molecule has 0 saturated heterocycles. The minimum Gasteiger partial charge on any atom is -0.467 e. The fourth-order valence-corrected chi connectivity index (χ4v) is 1.32. The van der Waals surface area contributed by atoms with Crippen molar-refractivity contribution in [1.82, 2.24) is 15.3 Å². The molecule has 92 valence electrons. The number of aromatic amines is 1. The number of nitrogens with one attached hydrogen (secondary N) is 2. The Hall–Kier alpha value is -2.11. The molecule has 17 heavy (non-hydrogen) atoms. The fraction of sp³-hybridized carbons (Fsp3) is 0.364. The largest absolute Gasteiger partial charge is 0.467 e. The lowest BCUT2D eigenvalue weighted by atomic mass is 10.1. The van der Waals surface area contributed by atoms with Crippen LogP contribution in [0.1, 0.15) is 12.6 Å². The number of hydrogen-bond acceptors (Lipinski definition) is 4. The average Bonchev–Trinajstić information content (AvgIpc) is 2.80. The van der Waals surface area contributed by atoms with Gasteiger partial charge in [0.1, 0.15) is 6.04 Å². The number of H-pyrrole nitrogens is 1. The smallest absolute Gasteiger partial charge is 0.328 e. The van der Waals surface area contributed by atoms with Gasteiger partial charge in [0.25, 0.3) is 0 Å². The maximum absolute atomic E-state index is 11.5. The molecular formula is C11H15N3O3. The third-order valence-corrected chi connectivity index (χ3v) is 2.10. The highest BCUT2D eigenvalue weighted by molar-refractivity contribution is 5.91. The lowest BCUT2D eigenvalue weighted by molar-refractivity contribution is -0.144. The third kappa shape index (κ3) is 4.10. The Morgan fingerprint density at radius 3 is 2.94 bits per heavy atom. The highest BCUT2D eigenvalue weighted by Gasteiger charge is 2.21. The zero-order valence-corrected chi connectivity index (χ0v) is 9.77. The Bertz CT molecular complexity index is 398. The van der Waals surface area contributed by atoms with Crippen LogP contribution in [-0.4, -0.2) is 35.0 Å². The van der Waals surface area contributed by atoms with Crippen molar-refractivity contribution in [3.05, 3.63) is 30.4 Å². The molecule has 0 fully saturated rings. The zero-order valence-electron chi connectivity index (χ0n) is 9.77. The molecule has 0 radical (unpaired) electrons. The Labute approximate surface area is 99.1 Å². The van der Waals surface area contributed by atoms with E-state index in [9.17, 15) is 9.59 Å². The van der Waals surface area contributed by atoms with Crippen LogP contribution in [-0.2, 0) is 20.7 Å². The summed E-state index contributed by atoms with van der Waals surface area (Å²) in [4.78, 5) is 29.6. The van der Waals surface area contributed by atoms with Gasteiger partial charge in [-0.15, -0.1) is 0 Å². The maximum Gasteiger partial charge on any atom is 0.328 e. The number of carbonyl (C=O) groups excluding carboxylic acids is 2. The van der Waals surface area contributed by atoms with Gasteiger partial charge in [-0.05, 0) is 13.0 Å². The summed E-state index contributed by atoms with van der Waals surface area (Å²) >= 11 is 0. The normalized spacial score (nSPS) is 12.4. The number of ether oxygens (including phenoxy) is 1. The number of methoxy groups -OCH3 is 1. The topological polar surface area (TPSA) is 84.1 Å². The van der Waals surface area contributed by atoms with E-state index in [0.717, 1.165) is 5.69 Å². The van der Waals surface area contributed by atoms with Gasteiger partial charge in [-0.1, -0.05) is 6.08 Å². The Morgan fingerprint density at radius 1 is 1.65 bits per heavy atom. The number of carbonyl (C=O) groups is 2. The van der Waals surface area contributed by atoms with Crippen LogP contribution in [0.5, 0.6) is 0 Å². The summed E-state index contributed by atoms with van der Waals surface area (Å²) in [6.45, 7) is 1.72. The second-order valence-corrected chi connectivity index (χ2v) is 3.37. The van der Waals surface area contributed by atoms with Crippen LogP contribution >= 0.6 is 0 Å². The number of nitrogens with zero attached hydrogens (tertiary/aromatic N) is 1. The second-order valence-electron chi connectivity index (χ2n) is 3.37. The van der Waals surface area contributed by atoms with Gasteiger partial charge in [-0.25, -0.2) is 9.78 Å². The monoisotopic (exact) mass is 237 g/mol. The molecule has 6 heteroatoms. The lowest BCUT2D eigenvalue weighted by Crippen LogP contribution is -2.42. The summed E-state index contributed by atoms with van der Waals surface area (Å²) in [7, 11) is 1.28. The number of rotatable bonds is 5. The van der Waals surface area contributed by atoms with Crippen LogP contribution < -0.4 is 5.32 Å². The van der Waals surface area contributed by atoms with Gasteiger partial charge in [0.15, 0.2) is 0 Å². The number of amides is 1. The van der Waals surface area contributed by atoms with Crippen LogP contribution in [0.3, 0.4) is 0 Å². The van der Waals surface area contributed by atoms with E-state index in [1.54, 1.807) is 19.2 Å². The SMILES string of the molecule is C/C=C/C(=O)N[C@@H](Cc1cnc[nH]1)C(=O)OC. The molecule has 2 N–H and O–H groups in total. The minimum absolute atomic E-state index is 0.315. The first-order valence-corrected chi connectivity index (χ1v) is 5.15. The number of imidazole rings is 1. The predicted octanol–water partition coefficient (Wildman–Crippen LogP) is 0.186. The van der Waals surface area contributed by atoms with Crippen LogP contribution in [0, 0.1) is 0 Å². The molecule has 0 unspecified atom stereocenters. The summed E-state index contributed by atoms with van der Waals surface area (Å²) in [6.07, 6.45) is 6.37. The molecule has 0 spiro atoms. The van der Waals surface area contributed by atoms with Gasteiger partial charge in [-0.2, -0.15) is 0 Å². The van der Waals surface area contributed by atoms with Crippen LogP contribution in [0.25, 0.3) is 0 Å². The van der Waals surface area contributed by atoms with Gasteiger partial charge in [0, 0.05) is 18.3 Å². The first-order valence-electron chi connectivity index (χ1n) is 5.15. The molecule has 0 bridgehead atoms. The van der Waals surface area contributed by atoms with Gasteiger partial charge in [0.05, 0.1) is 13.4 Å². The molecule has 1 rings (SSSR count). The summed E-state index contributed by atoms with van der Waals surface area (Å²) in [6, 6.07) is -0.718. The number of esters is 1. The third-order valence-electron chi connectivity index (χ3n) is 2.10. The first kappa shape index (κ1) is 13.0. The molecular weight excluding hydrogens is 222 g/mol. The molecule has 1 aromatic heterocycles. The molecule has 0 saturated carbocycles. The van der Waals surface area contributed by atoms with E-state index in [-0.39, 0.29) is 5.91 Å². The van der Waals surface area contributed by atoms with Crippen LogP contribution in [0.2, 0.25) is 0 Å². The van der Waals surface area contributed by atoms with Gasteiger partial charge < -0.3 is 15.0 Å². The molecule has 1 heterocycles. The van der Waals surface area contributed by atoms with Crippen molar-refractivity contribution in [2.24, 2.45) is 0 Å². The molecule has 0 aliphatic carbocycles. The molecule has 0 aliphatic heterocycles. The first-order chi connectivity index (χ1) is 8.17. The molecule has 6 nitrogen and oxygen atoms in total. The average molecular weight is 237 g/mol. The van der Waals surface area contributed by atoms with Crippen molar-refractivity contribution in [2.75, 3.05) is 7.11 Å². The maximum atomic E-state index is 11.5. The van der Waals surface area contributed by atoms with E-state index in [2.05, 4.69) is 20.0 Å². The second kappa shape index (κ2) is 6.47. The van der Waals surface area contributed by atoms with Crippen molar-refractivity contribution in [3.8, 4) is 0 Å². The summed E-state index contributed by atoms with van der Waals surface area (Å²) in [5.74, 6) is -0.820. The van der Waals surface area contributed by atoms with Gasteiger partial charge in [-0.3, -0.25) is 4.79 Å². The van der Waals surface area contributed by atoms with Crippen molar-refractivity contribution in [1.29, 1.82) is 0 Å². The number of allylic oxidation sites excluding steroid dienone is 1. The van der Waals surface area contributed by atoms with Crippen molar-refractivity contribution in [3.63, 3.8) is 0 Å². The molecule has 1 atom stereocenters. The standard InChI is InChI=1S/C11H15N3O3/c1-3-4-10(15)14-9(11(16)17-2)5-8-6-12-7-13-8/h3-4,6-7,9H,5H2,1-2H3,(H,12,13)(H,14,15)/b4-3+/t9-/m0/s1. The lowest BCUT2D eigenvalue weighted by Gasteiger charge is -2.14. The van der Waals surface area contributed by atoms with Crippen molar-refractivity contribution < 1.29 is 14.3 Å². The van der Waals surface area contributed by atoms with Gasteiger partial charge in [0.2, 0.25) is 5.91 Å². The van der Waals surface area contributed by atoms with E-state index in [4.69, 9.17) is 0 Å². The Balaban J connectivity index is 2.67. The highest BCUT2D eigenvalue weighted by Crippen LogP contribution is 2.00. The van der Waals surface area contributed by atoms with E-state index >= 15 is 0 Å². The fourth-order valence-electron chi connectivity index (χ4n) is 1.32. The van der Waals surface area contributed by atoms with Crippen molar-refractivity contribution in [2.45, 2.75) is 19.4 Å². The van der Waals surface area contributed by atoms with E-state index in [1.165, 1.54) is 19.5 Å². The highest BCUT2D eigenvalue weighted by atomic mass is 16.5. The van der Waals surface area contributed by atoms with E-state index in [0.29, 0.717) is 6.42 Å². The Kier molecular flexibility index (Phi) is 4.93. The summed E-state index contributed by atoms with van der Waals surface area (Å²) < 4.78 is 4.63. The number of aromatic nitrogens is 2. The zero-order chi connectivity index (χ0) is 12.7. The molecule has 0 aromatic carbocycles. The van der Waals surface area contributed by atoms with Gasteiger partial charge >= 0.3 is 5.97 Å². The predicted molar refractivity (Wildman–Crippen MR) is 61.1 cm³/mol. The number of hydrogen-bond donors (Lipinski definition) is 2. The quantitative estimate of drug-likeness (QED) is 0.565. The van der Waals surface area contributed by atoms with E-state index in [1.807, 2.05) is 0 Å². The molecule has 1 amide bonds. The molecule has 0 aliphatic rings. The van der Waals surface area contributed by atoms with E-state index < -0.39 is 12.0 Å². The van der Waals surface area contributed by atoms with Crippen molar-refractivity contribution >= 4 is 11.9 Å². The summed E-state index contributed by atoms with van der Waals surface area (Å²) in [5.41, 5.74) is 0.751. The van der Waals surface area contributed by atoms with Crippen LogP contribution in [0.15, 0.2) is 24.7 Å². The minimum atomic E-state index is -0.718. The molecule has 1 aromatic rings. The van der Waals surface area contributed by atoms with Crippen LogP contribution in [0.4, 0.5) is 0 Å². The summed E-state index contributed by atoms with van der Waals surface area (Å²) in [5, 5.41) is 2.56.